The van der Waals surface area contributed by atoms with E-state index in [-0.39, 0.29) is 12.4 Å². The van der Waals surface area contributed by atoms with Crippen molar-refractivity contribution in [1.82, 2.24) is 0 Å². The van der Waals surface area contributed by atoms with Gasteiger partial charge >= 0.3 is 0 Å². The molecule has 0 aliphatic heterocycles. The van der Waals surface area contributed by atoms with Crippen LogP contribution in [0.1, 0.15) is 27.7 Å². The predicted octanol–water partition coefficient (Wildman–Crippen LogP) is 1.25. The van der Waals surface area contributed by atoms with Gasteiger partial charge in [0.25, 0.3) is 0 Å². The lowest BCUT2D eigenvalue weighted by Crippen LogP contribution is -2.33. The highest BCUT2D eigenvalue weighted by Gasteiger charge is 2.12. The number of hydrogen-bond donors (Lipinski definition) is 2. The van der Waals surface area contributed by atoms with Crippen LogP contribution in [0, 0.1) is 0 Å². The molecule has 0 rings (SSSR count). The minimum Gasteiger partial charge on any atom is -0.306 e. The van der Waals surface area contributed by atoms with E-state index in [1.165, 1.54) is 0 Å². The summed E-state index contributed by atoms with van der Waals surface area (Å²) in [4.78, 5) is 0. The molecule has 0 spiro atoms. The van der Waals surface area contributed by atoms with Gasteiger partial charge in [0.15, 0.2) is 0 Å². The molecule has 4 nitrogen and oxygen atoms in total. The van der Waals surface area contributed by atoms with Crippen LogP contribution in [0.15, 0.2) is 10.2 Å². The van der Waals surface area contributed by atoms with E-state index in [4.69, 9.17) is 11.5 Å². The van der Waals surface area contributed by atoms with Gasteiger partial charge in [0.2, 0.25) is 0 Å². The van der Waals surface area contributed by atoms with E-state index in [1.54, 1.807) is 27.7 Å². The van der Waals surface area contributed by atoms with Gasteiger partial charge in [-0.15, -0.1) is 12.4 Å². The van der Waals surface area contributed by atoms with Crippen LogP contribution in [0.3, 0.4) is 0 Å². The number of azo groups is 1. The monoisotopic (exact) mass is 180 g/mol. The number of nitrogens with zero attached hydrogens (tertiary/aromatic N) is 2. The molecule has 0 saturated carbocycles. The highest BCUT2D eigenvalue weighted by Crippen LogP contribution is 2.05. The predicted molar refractivity (Wildman–Crippen MR) is 48.6 cm³/mol. The van der Waals surface area contributed by atoms with Crippen molar-refractivity contribution in [2.75, 3.05) is 0 Å². The fourth-order valence-electron chi connectivity index (χ4n) is 0.258. The maximum Gasteiger partial charge on any atom is 0.123 e. The smallest absolute Gasteiger partial charge is 0.123 e. The standard InChI is InChI=1S/C6H16N4.ClH/c1-5(2,7)9-10-6(3,4)8;/h7-8H2,1-4H3;1H/b10-9+;. The molecule has 68 valence electrons. The topological polar surface area (TPSA) is 76.8 Å². The minimum atomic E-state index is -0.614. The lowest BCUT2D eigenvalue weighted by atomic mass is 10.3. The molecule has 0 aromatic carbocycles. The van der Waals surface area contributed by atoms with Gasteiger partial charge in [0, 0.05) is 0 Å². The van der Waals surface area contributed by atoms with Crippen molar-refractivity contribution in [1.29, 1.82) is 0 Å². The number of nitrogens with two attached hydrogens (primary N) is 2. The second-order valence-electron chi connectivity index (χ2n) is 3.51. The molecule has 0 atom stereocenters. The van der Waals surface area contributed by atoms with Crippen LogP contribution in [-0.4, -0.2) is 11.3 Å². The third-order valence-electron chi connectivity index (χ3n) is 0.565. The van der Waals surface area contributed by atoms with Crippen molar-refractivity contribution < 1.29 is 0 Å². The zero-order chi connectivity index (χ0) is 8.41. The van der Waals surface area contributed by atoms with E-state index in [0.29, 0.717) is 0 Å². The Labute approximate surface area is 73.8 Å². The van der Waals surface area contributed by atoms with E-state index in [9.17, 15) is 0 Å². The number of rotatable bonds is 2. The van der Waals surface area contributed by atoms with Crippen LogP contribution in [0.25, 0.3) is 0 Å². The molecule has 0 radical (unpaired) electrons. The highest BCUT2D eigenvalue weighted by atomic mass is 35.5. The van der Waals surface area contributed by atoms with E-state index in [1.807, 2.05) is 0 Å². The summed E-state index contributed by atoms with van der Waals surface area (Å²) in [6.45, 7) is 7.06. The summed E-state index contributed by atoms with van der Waals surface area (Å²) in [5, 5.41) is 7.61. The van der Waals surface area contributed by atoms with Crippen molar-refractivity contribution >= 4 is 12.4 Å². The lowest BCUT2D eigenvalue weighted by molar-refractivity contribution is 0.438. The average molecular weight is 181 g/mol. The fraction of sp³-hybridized carbons (Fsp3) is 1.00. The van der Waals surface area contributed by atoms with Crippen molar-refractivity contribution in [3.8, 4) is 0 Å². The molecule has 5 heteroatoms. The third-order valence-corrected chi connectivity index (χ3v) is 0.565. The first kappa shape index (κ1) is 13.4. The Bertz CT molecular complexity index is 114. The normalized spacial score (nSPS) is 13.3. The van der Waals surface area contributed by atoms with Crippen LogP contribution in [0.5, 0.6) is 0 Å². The van der Waals surface area contributed by atoms with Gasteiger partial charge < -0.3 is 11.5 Å². The third kappa shape index (κ3) is 12.9. The first-order valence-electron chi connectivity index (χ1n) is 3.22. The molecule has 0 fully saturated rings. The molecule has 0 bridgehead atoms. The summed E-state index contributed by atoms with van der Waals surface area (Å²) in [5.41, 5.74) is 9.82. The van der Waals surface area contributed by atoms with E-state index in [2.05, 4.69) is 10.2 Å². The quantitative estimate of drug-likeness (QED) is 0.628. The minimum absolute atomic E-state index is 0. The van der Waals surface area contributed by atoms with Crippen molar-refractivity contribution in [3.05, 3.63) is 0 Å². The highest BCUT2D eigenvalue weighted by molar-refractivity contribution is 5.85. The summed E-state index contributed by atoms with van der Waals surface area (Å²) >= 11 is 0. The van der Waals surface area contributed by atoms with Gasteiger partial charge in [-0.25, -0.2) is 0 Å². The summed E-state index contributed by atoms with van der Waals surface area (Å²) in [6, 6.07) is 0. The molecule has 0 aliphatic carbocycles. The average Bonchev–Trinajstić information content (AvgIpc) is 1.57. The Hall–Kier alpha value is -0.190. The van der Waals surface area contributed by atoms with Crippen molar-refractivity contribution in [2.45, 2.75) is 39.0 Å². The maximum atomic E-state index is 5.53. The Morgan fingerprint density at radius 2 is 1.00 bits per heavy atom. The lowest BCUT2D eigenvalue weighted by Gasteiger charge is -2.15. The molecule has 0 aliphatic rings. The number of hydrogen-bond acceptors (Lipinski definition) is 4. The Kier molecular flexibility index (Phi) is 4.86. The molecule has 0 aromatic rings. The van der Waals surface area contributed by atoms with Crippen LogP contribution < -0.4 is 11.5 Å². The van der Waals surface area contributed by atoms with Crippen LogP contribution in [0.4, 0.5) is 0 Å². The molecule has 0 unspecified atom stereocenters. The zero-order valence-electron chi connectivity index (χ0n) is 7.46. The van der Waals surface area contributed by atoms with E-state index >= 15 is 0 Å². The molecule has 11 heavy (non-hydrogen) atoms. The van der Waals surface area contributed by atoms with E-state index in [0.717, 1.165) is 0 Å². The molecular formula is C6H17ClN4. The second-order valence-corrected chi connectivity index (χ2v) is 3.51. The SMILES string of the molecule is CC(C)(N)/N=N/C(C)(C)N.Cl. The molecule has 0 heterocycles. The van der Waals surface area contributed by atoms with Gasteiger partial charge in [0.05, 0.1) is 0 Å². The summed E-state index contributed by atoms with van der Waals surface area (Å²) < 4.78 is 0. The van der Waals surface area contributed by atoms with Crippen molar-refractivity contribution in [3.63, 3.8) is 0 Å². The molecule has 0 amide bonds. The van der Waals surface area contributed by atoms with Gasteiger partial charge in [-0.05, 0) is 27.7 Å². The van der Waals surface area contributed by atoms with Gasteiger partial charge in [-0.3, -0.25) is 0 Å². The van der Waals surface area contributed by atoms with Gasteiger partial charge in [0.1, 0.15) is 11.3 Å². The molecule has 4 N–H and O–H groups in total. The molecule has 0 aromatic heterocycles. The first-order valence-corrected chi connectivity index (χ1v) is 3.22. The van der Waals surface area contributed by atoms with Crippen LogP contribution >= 0.6 is 12.4 Å². The Morgan fingerprint density at radius 1 is 0.818 bits per heavy atom. The molecule has 0 saturated heterocycles. The summed E-state index contributed by atoms with van der Waals surface area (Å²) in [5.74, 6) is 0. The Morgan fingerprint density at radius 3 is 1.09 bits per heavy atom. The van der Waals surface area contributed by atoms with Crippen LogP contribution in [-0.2, 0) is 0 Å². The first-order chi connectivity index (χ1) is 4.21. The largest absolute Gasteiger partial charge is 0.306 e. The fourth-order valence-corrected chi connectivity index (χ4v) is 0.258. The molecular weight excluding hydrogens is 164 g/mol. The number of halogens is 1. The second kappa shape index (κ2) is 3.99. The summed E-state index contributed by atoms with van der Waals surface area (Å²) in [7, 11) is 0. The maximum absolute atomic E-state index is 5.53. The summed E-state index contributed by atoms with van der Waals surface area (Å²) in [6.07, 6.45) is 0. The van der Waals surface area contributed by atoms with E-state index < -0.39 is 11.3 Å². The van der Waals surface area contributed by atoms with Crippen molar-refractivity contribution in [2.24, 2.45) is 21.7 Å². The van der Waals surface area contributed by atoms with Gasteiger partial charge in [-0.1, -0.05) is 0 Å². The van der Waals surface area contributed by atoms with Gasteiger partial charge in [-0.2, -0.15) is 10.2 Å². The zero-order valence-corrected chi connectivity index (χ0v) is 8.27. The van der Waals surface area contributed by atoms with Crippen LogP contribution in [0.2, 0.25) is 0 Å². The Balaban J connectivity index is 0.